The summed E-state index contributed by atoms with van der Waals surface area (Å²) in [6, 6.07) is 6.72. The van der Waals surface area contributed by atoms with Gasteiger partial charge in [-0.1, -0.05) is 24.9 Å². The third kappa shape index (κ3) is 2.89. The first-order valence-electron chi connectivity index (χ1n) is 7.36. The zero-order valence-electron chi connectivity index (χ0n) is 12.6. The van der Waals surface area contributed by atoms with E-state index in [1.54, 1.807) is 0 Å². The zero-order valence-corrected chi connectivity index (χ0v) is 12.6. The molecule has 2 unspecified atom stereocenters. The number of hydrogen-bond donors (Lipinski definition) is 2. The van der Waals surface area contributed by atoms with Gasteiger partial charge in [-0.2, -0.15) is 0 Å². The molecule has 20 heavy (non-hydrogen) atoms. The molecular weight excluding hydrogens is 250 g/mol. The predicted octanol–water partition coefficient (Wildman–Crippen LogP) is 3.10. The van der Waals surface area contributed by atoms with Crippen molar-refractivity contribution in [2.45, 2.75) is 45.6 Å². The van der Waals surface area contributed by atoms with Crippen LogP contribution < -0.4 is 10.6 Å². The van der Waals surface area contributed by atoms with E-state index in [0.29, 0.717) is 6.04 Å². The maximum Gasteiger partial charge on any atom is 0.170 e. The van der Waals surface area contributed by atoms with Crippen LogP contribution in [0.5, 0.6) is 0 Å². The molecule has 4 heteroatoms. The van der Waals surface area contributed by atoms with Crippen LogP contribution in [0.25, 0.3) is 0 Å². The van der Waals surface area contributed by atoms with Crippen molar-refractivity contribution in [3.05, 3.63) is 29.3 Å². The molecule has 110 valence electrons. The molecule has 0 spiro atoms. The Bertz CT molecular complexity index is 498. The standard InChI is InChI=1S/C16H25N3O/c1-11-6-4-5-7-15(11)19(3)13-8-9-14(12(2)10-13)16(17)18-20/h8-11,15,20H,4-7H2,1-3H3,(H2,17,18). The summed E-state index contributed by atoms with van der Waals surface area (Å²) in [5.41, 5.74) is 8.71. The number of nitrogens with zero attached hydrogens (tertiary/aromatic N) is 2. The molecule has 0 radical (unpaired) electrons. The fourth-order valence-electron chi connectivity index (χ4n) is 3.27. The van der Waals surface area contributed by atoms with Crippen molar-refractivity contribution < 1.29 is 5.21 Å². The normalized spacial score (nSPS) is 23.6. The molecule has 3 N–H and O–H groups in total. The molecule has 4 nitrogen and oxygen atoms in total. The highest BCUT2D eigenvalue weighted by Crippen LogP contribution is 2.31. The third-order valence-corrected chi connectivity index (χ3v) is 4.56. The average Bonchev–Trinajstić information content (AvgIpc) is 2.46. The number of anilines is 1. The Hall–Kier alpha value is -1.71. The number of oxime groups is 1. The van der Waals surface area contributed by atoms with Crippen molar-refractivity contribution in [2.24, 2.45) is 16.8 Å². The number of aryl methyl sites for hydroxylation is 1. The van der Waals surface area contributed by atoms with Crippen molar-refractivity contribution >= 4 is 11.5 Å². The maximum absolute atomic E-state index is 8.78. The van der Waals surface area contributed by atoms with Crippen molar-refractivity contribution in [1.29, 1.82) is 0 Å². The second-order valence-corrected chi connectivity index (χ2v) is 5.92. The molecule has 0 aromatic heterocycles. The minimum Gasteiger partial charge on any atom is -0.409 e. The molecule has 2 rings (SSSR count). The average molecular weight is 275 g/mol. The Balaban J connectivity index is 2.22. The van der Waals surface area contributed by atoms with Gasteiger partial charge >= 0.3 is 0 Å². The smallest absolute Gasteiger partial charge is 0.170 e. The number of amidine groups is 1. The second-order valence-electron chi connectivity index (χ2n) is 5.92. The Labute approximate surface area is 121 Å². The Morgan fingerprint density at radius 3 is 2.65 bits per heavy atom. The third-order valence-electron chi connectivity index (χ3n) is 4.56. The van der Waals surface area contributed by atoms with Gasteiger partial charge in [0.05, 0.1) is 0 Å². The predicted molar refractivity (Wildman–Crippen MR) is 83.5 cm³/mol. The molecule has 1 aromatic carbocycles. The highest BCUT2D eigenvalue weighted by molar-refractivity contribution is 5.98. The lowest BCUT2D eigenvalue weighted by Crippen LogP contribution is -2.39. The van der Waals surface area contributed by atoms with E-state index < -0.39 is 0 Å². The summed E-state index contributed by atoms with van der Waals surface area (Å²) >= 11 is 0. The van der Waals surface area contributed by atoms with Gasteiger partial charge in [-0.15, -0.1) is 0 Å². The lowest BCUT2D eigenvalue weighted by Gasteiger charge is -2.38. The Morgan fingerprint density at radius 1 is 1.35 bits per heavy atom. The van der Waals surface area contributed by atoms with E-state index in [2.05, 4.69) is 36.2 Å². The minimum atomic E-state index is 0.169. The molecule has 0 amide bonds. The monoisotopic (exact) mass is 275 g/mol. The number of benzene rings is 1. The molecule has 1 aliphatic carbocycles. The summed E-state index contributed by atoms with van der Waals surface area (Å²) in [4.78, 5) is 2.38. The van der Waals surface area contributed by atoms with Gasteiger partial charge in [0.25, 0.3) is 0 Å². The van der Waals surface area contributed by atoms with Gasteiger partial charge in [0.2, 0.25) is 0 Å². The van der Waals surface area contributed by atoms with E-state index in [-0.39, 0.29) is 5.84 Å². The zero-order chi connectivity index (χ0) is 14.7. The van der Waals surface area contributed by atoms with Crippen LogP contribution in [0.15, 0.2) is 23.4 Å². The van der Waals surface area contributed by atoms with Crippen molar-refractivity contribution in [3.63, 3.8) is 0 Å². The van der Waals surface area contributed by atoms with Crippen LogP contribution in [-0.4, -0.2) is 24.1 Å². The fraction of sp³-hybridized carbons (Fsp3) is 0.562. The van der Waals surface area contributed by atoms with Crippen molar-refractivity contribution in [2.75, 3.05) is 11.9 Å². The molecule has 2 atom stereocenters. The molecule has 1 saturated carbocycles. The van der Waals surface area contributed by atoms with Crippen LogP contribution in [0, 0.1) is 12.8 Å². The van der Waals surface area contributed by atoms with E-state index in [4.69, 9.17) is 10.9 Å². The van der Waals surface area contributed by atoms with Crippen molar-refractivity contribution in [1.82, 2.24) is 0 Å². The molecule has 0 saturated heterocycles. The fourth-order valence-corrected chi connectivity index (χ4v) is 3.27. The van der Waals surface area contributed by atoms with Gasteiger partial charge < -0.3 is 15.8 Å². The van der Waals surface area contributed by atoms with Gasteiger partial charge in [0.15, 0.2) is 5.84 Å². The van der Waals surface area contributed by atoms with Crippen LogP contribution >= 0.6 is 0 Å². The van der Waals surface area contributed by atoms with Gasteiger partial charge in [-0.25, -0.2) is 0 Å². The highest BCUT2D eigenvalue weighted by atomic mass is 16.4. The van der Waals surface area contributed by atoms with E-state index in [1.807, 2.05) is 13.0 Å². The van der Waals surface area contributed by atoms with Gasteiger partial charge in [-0.3, -0.25) is 0 Å². The Kier molecular flexibility index (Phi) is 4.53. The first kappa shape index (κ1) is 14.7. The van der Waals surface area contributed by atoms with Gasteiger partial charge in [0, 0.05) is 24.3 Å². The van der Waals surface area contributed by atoms with E-state index in [1.165, 1.54) is 31.4 Å². The summed E-state index contributed by atoms with van der Waals surface area (Å²) in [6.45, 7) is 4.34. The number of hydrogen-bond acceptors (Lipinski definition) is 3. The van der Waals surface area contributed by atoms with E-state index in [9.17, 15) is 0 Å². The summed E-state index contributed by atoms with van der Waals surface area (Å²) in [7, 11) is 2.17. The molecule has 0 bridgehead atoms. The minimum absolute atomic E-state index is 0.169. The maximum atomic E-state index is 8.78. The molecule has 1 aromatic rings. The molecule has 0 heterocycles. The first-order chi connectivity index (χ1) is 9.54. The summed E-state index contributed by atoms with van der Waals surface area (Å²) in [6.07, 6.45) is 5.25. The quantitative estimate of drug-likeness (QED) is 0.385. The van der Waals surface area contributed by atoms with Crippen LogP contribution in [0.4, 0.5) is 5.69 Å². The summed E-state index contributed by atoms with van der Waals surface area (Å²) in [5, 5.41) is 11.9. The lowest BCUT2D eigenvalue weighted by molar-refractivity contribution is 0.318. The summed E-state index contributed by atoms with van der Waals surface area (Å²) < 4.78 is 0. The van der Waals surface area contributed by atoms with Crippen LogP contribution in [0.2, 0.25) is 0 Å². The van der Waals surface area contributed by atoms with Crippen LogP contribution in [0.1, 0.15) is 43.7 Å². The first-order valence-corrected chi connectivity index (χ1v) is 7.36. The van der Waals surface area contributed by atoms with E-state index in [0.717, 1.165) is 17.0 Å². The van der Waals surface area contributed by atoms with Gasteiger partial charge in [0.1, 0.15) is 0 Å². The van der Waals surface area contributed by atoms with E-state index >= 15 is 0 Å². The van der Waals surface area contributed by atoms with Crippen LogP contribution in [0.3, 0.4) is 0 Å². The molecule has 1 aliphatic rings. The summed E-state index contributed by atoms with van der Waals surface area (Å²) in [5.74, 6) is 0.903. The largest absolute Gasteiger partial charge is 0.409 e. The number of nitrogens with two attached hydrogens (primary N) is 1. The Morgan fingerprint density at radius 2 is 2.05 bits per heavy atom. The lowest BCUT2D eigenvalue weighted by atomic mass is 9.85. The molecule has 0 aliphatic heterocycles. The van der Waals surface area contributed by atoms with Gasteiger partial charge in [-0.05, 0) is 49.4 Å². The second kappa shape index (κ2) is 6.16. The van der Waals surface area contributed by atoms with Crippen molar-refractivity contribution in [3.8, 4) is 0 Å². The molecular formula is C16H25N3O. The number of rotatable bonds is 3. The highest BCUT2D eigenvalue weighted by Gasteiger charge is 2.25. The topological polar surface area (TPSA) is 61.8 Å². The molecule has 1 fully saturated rings. The SMILES string of the molecule is Cc1cc(N(C)C2CCCCC2C)ccc1/C(N)=N/O. The van der Waals surface area contributed by atoms with Crippen LogP contribution in [-0.2, 0) is 0 Å².